The number of carbonyl (C=O) groups is 1. The Hall–Kier alpha value is -2.01. The van der Waals surface area contributed by atoms with Gasteiger partial charge in [0.2, 0.25) is 0 Å². The molecule has 0 aliphatic heterocycles. The van der Waals surface area contributed by atoms with Gasteiger partial charge in [0.25, 0.3) is 5.56 Å². The SMILES string of the molecule is CCc1cc(Cl)cc2[nH]c(=O)c(C(=O)OC)c(O)c12. The third-order valence-electron chi connectivity index (χ3n) is 2.90. The number of ether oxygens (including phenoxy) is 1. The van der Waals surface area contributed by atoms with Crippen molar-refractivity contribution in [3.8, 4) is 5.75 Å². The maximum Gasteiger partial charge on any atom is 0.347 e. The zero-order valence-electron chi connectivity index (χ0n) is 10.4. The molecule has 6 heteroatoms. The van der Waals surface area contributed by atoms with E-state index in [9.17, 15) is 14.7 Å². The summed E-state index contributed by atoms with van der Waals surface area (Å²) in [4.78, 5) is 25.9. The molecule has 2 N–H and O–H groups in total. The standard InChI is InChI=1S/C13H12ClNO4/c1-3-6-4-7(14)5-8-9(6)11(16)10(12(17)15-8)13(18)19-2/h4-5H,3H2,1-2H3,(H2,15,16,17). The number of halogens is 1. The lowest BCUT2D eigenvalue weighted by Gasteiger charge is -2.10. The van der Waals surface area contributed by atoms with Crippen LogP contribution in [-0.2, 0) is 11.2 Å². The number of carbonyl (C=O) groups excluding carboxylic acids is 1. The molecule has 0 atom stereocenters. The van der Waals surface area contributed by atoms with E-state index in [4.69, 9.17) is 11.6 Å². The van der Waals surface area contributed by atoms with Gasteiger partial charge in [-0.3, -0.25) is 4.79 Å². The minimum Gasteiger partial charge on any atom is -0.506 e. The first kappa shape index (κ1) is 13.4. The highest BCUT2D eigenvalue weighted by Crippen LogP contribution is 2.31. The molecule has 5 nitrogen and oxygen atoms in total. The summed E-state index contributed by atoms with van der Waals surface area (Å²) in [6.45, 7) is 1.88. The lowest BCUT2D eigenvalue weighted by molar-refractivity contribution is 0.0595. The molecular weight excluding hydrogens is 270 g/mol. The highest BCUT2D eigenvalue weighted by atomic mass is 35.5. The van der Waals surface area contributed by atoms with Crippen molar-refractivity contribution in [2.45, 2.75) is 13.3 Å². The predicted octanol–water partition coefficient (Wildman–Crippen LogP) is 2.24. The molecule has 2 rings (SSSR count). The summed E-state index contributed by atoms with van der Waals surface area (Å²) in [6, 6.07) is 3.21. The fourth-order valence-corrected chi connectivity index (χ4v) is 2.27. The van der Waals surface area contributed by atoms with Gasteiger partial charge in [-0.1, -0.05) is 18.5 Å². The van der Waals surface area contributed by atoms with Crippen LogP contribution in [0.15, 0.2) is 16.9 Å². The Kier molecular flexibility index (Phi) is 3.48. The first-order valence-corrected chi connectivity index (χ1v) is 6.03. The number of aromatic hydroxyl groups is 1. The minimum atomic E-state index is -0.877. The Morgan fingerprint density at radius 1 is 1.47 bits per heavy atom. The number of hydrogen-bond donors (Lipinski definition) is 2. The number of aromatic nitrogens is 1. The fourth-order valence-electron chi connectivity index (χ4n) is 2.03. The van der Waals surface area contributed by atoms with Crippen molar-refractivity contribution in [3.05, 3.63) is 38.6 Å². The highest BCUT2D eigenvalue weighted by Gasteiger charge is 2.21. The molecule has 1 aromatic carbocycles. The number of rotatable bonds is 2. The van der Waals surface area contributed by atoms with E-state index in [2.05, 4.69) is 9.72 Å². The summed E-state index contributed by atoms with van der Waals surface area (Å²) in [6.07, 6.45) is 0.595. The Labute approximate surface area is 113 Å². The van der Waals surface area contributed by atoms with Gasteiger partial charge < -0.3 is 14.8 Å². The van der Waals surface area contributed by atoms with Crippen LogP contribution in [0.5, 0.6) is 5.75 Å². The first-order valence-electron chi connectivity index (χ1n) is 5.65. The van der Waals surface area contributed by atoms with Crippen LogP contribution in [0.1, 0.15) is 22.8 Å². The number of H-pyrrole nitrogens is 1. The van der Waals surface area contributed by atoms with Crippen LogP contribution in [0.2, 0.25) is 5.02 Å². The summed E-state index contributed by atoms with van der Waals surface area (Å²) in [5.41, 5.74) is 0.0223. The lowest BCUT2D eigenvalue weighted by Crippen LogP contribution is -2.19. The quantitative estimate of drug-likeness (QED) is 0.828. The van der Waals surface area contributed by atoms with E-state index in [0.29, 0.717) is 22.3 Å². The average molecular weight is 282 g/mol. The summed E-state index contributed by atoms with van der Waals surface area (Å²) < 4.78 is 4.50. The molecule has 0 amide bonds. The number of fused-ring (bicyclic) bond motifs is 1. The monoisotopic (exact) mass is 281 g/mol. The van der Waals surface area contributed by atoms with Gasteiger partial charge in [0, 0.05) is 10.4 Å². The molecule has 19 heavy (non-hydrogen) atoms. The normalized spacial score (nSPS) is 10.7. The molecule has 1 heterocycles. The maximum atomic E-state index is 11.8. The number of methoxy groups -OCH3 is 1. The van der Waals surface area contributed by atoms with Gasteiger partial charge in [0.05, 0.1) is 12.6 Å². The molecule has 0 fully saturated rings. The van der Waals surface area contributed by atoms with Gasteiger partial charge in [-0.25, -0.2) is 4.79 Å². The Morgan fingerprint density at radius 3 is 2.74 bits per heavy atom. The van der Waals surface area contributed by atoms with Crippen LogP contribution in [0.3, 0.4) is 0 Å². The maximum absolute atomic E-state index is 11.8. The number of aryl methyl sites for hydroxylation is 1. The molecule has 2 aromatic rings. The van der Waals surface area contributed by atoms with Gasteiger partial charge >= 0.3 is 5.97 Å². The number of aromatic amines is 1. The van der Waals surface area contributed by atoms with E-state index in [1.54, 1.807) is 6.07 Å². The van der Waals surface area contributed by atoms with Crippen molar-refractivity contribution in [2.75, 3.05) is 7.11 Å². The zero-order valence-corrected chi connectivity index (χ0v) is 11.2. The largest absolute Gasteiger partial charge is 0.506 e. The van der Waals surface area contributed by atoms with Crippen molar-refractivity contribution in [1.82, 2.24) is 4.98 Å². The van der Waals surface area contributed by atoms with Crippen LogP contribution >= 0.6 is 11.6 Å². The van der Waals surface area contributed by atoms with E-state index in [-0.39, 0.29) is 5.75 Å². The topological polar surface area (TPSA) is 79.4 Å². The molecule has 0 saturated heterocycles. The molecule has 0 bridgehead atoms. The van der Waals surface area contributed by atoms with Gasteiger partial charge in [-0.15, -0.1) is 0 Å². The number of nitrogens with one attached hydrogen (secondary N) is 1. The van der Waals surface area contributed by atoms with E-state index >= 15 is 0 Å². The Balaban J connectivity index is 2.94. The van der Waals surface area contributed by atoms with Gasteiger partial charge in [0.1, 0.15) is 5.75 Å². The third-order valence-corrected chi connectivity index (χ3v) is 3.12. The molecule has 0 aliphatic carbocycles. The van der Waals surface area contributed by atoms with Crippen molar-refractivity contribution in [1.29, 1.82) is 0 Å². The predicted molar refractivity (Wildman–Crippen MR) is 72.0 cm³/mol. The second-order valence-electron chi connectivity index (χ2n) is 4.01. The van der Waals surface area contributed by atoms with Crippen molar-refractivity contribution in [2.24, 2.45) is 0 Å². The number of esters is 1. The van der Waals surface area contributed by atoms with Crippen molar-refractivity contribution in [3.63, 3.8) is 0 Å². The molecule has 0 spiro atoms. The molecule has 0 aliphatic rings. The summed E-state index contributed by atoms with van der Waals surface area (Å²) in [5.74, 6) is -1.25. The third kappa shape index (κ3) is 2.17. The van der Waals surface area contributed by atoms with E-state index in [0.717, 1.165) is 12.7 Å². The summed E-state index contributed by atoms with van der Waals surface area (Å²) in [7, 11) is 1.15. The summed E-state index contributed by atoms with van der Waals surface area (Å²) >= 11 is 5.94. The number of pyridine rings is 1. The van der Waals surface area contributed by atoms with Crippen molar-refractivity contribution >= 4 is 28.5 Å². The smallest absolute Gasteiger partial charge is 0.347 e. The highest BCUT2D eigenvalue weighted by molar-refractivity contribution is 6.31. The molecule has 0 saturated carbocycles. The molecule has 0 unspecified atom stereocenters. The zero-order chi connectivity index (χ0) is 14.2. The fraction of sp³-hybridized carbons (Fsp3) is 0.231. The minimum absolute atomic E-state index is 0.376. The second kappa shape index (κ2) is 4.93. The van der Waals surface area contributed by atoms with Gasteiger partial charge in [-0.05, 0) is 24.1 Å². The van der Waals surface area contributed by atoms with Crippen molar-refractivity contribution < 1.29 is 14.6 Å². The Morgan fingerprint density at radius 2 is 2.16 bits per heavy atom. The van der Waals surface area contributed by atoms with Gasteiger partial charge in [0.15, 0.2) is 5.56 Å². The number of benzene rings is 1. The van der Waals surface area contributed by atoms with Crippen LogP contribution < -0.4 is 5.56 Å². The average Bonchev–Trinajstić information content (AvgIpc) is 2.36. The molecule has 0 radical (unpaired) electrons. The second-order valence-corrected chi connectivity index (χ2v) is 4.45. The molecule has 1 aromatic heterocycles. The van der Waals surface area contributed by atoms with E-state index in [1.165, 1.54) is 6.07 Å². The molecular formula is C13H12ClNO4. The van der Waals surface area contributed by atoms with E-state index < -0.39 is 17.1 Å². The summed E-state index contributed by atoms with van der Waals surface area (Å²) in [5, 5.41) is 11.0. The first-order chi connectivity index (χ1) is 8.99. The lowest BCUT2D eigenvalue weighted by atomic mass is 10.0. The van der Waals surface area contributed by atoms with Crippen LogP contribution in [0, 0.1) is 0 Å². The van der Waals surface area contributed by atoms with Crippen LogP contribution in [0.4, 0.5) is 0 Å². The van der Waals surface area contributed by atoms with Crippen LogP contribution in [0.25, 0.3) is 10.9 Å². The number of hydrogen-bond acceptors (Lipinski definition) is 4. The van der Waals surface area contributed by atoms with E-state index in [1.807, 2.05) is 6.92 Å². The Bertz CT molecular complexity index is 721. The van der Waals surface area contributed by atoms with Crippen LogP contribution in [-0.4, -0.2) is 23.2 Å². The molecule has 100 valence electrons. The van der Waals surface area contributed by atoms with Gasteiger partial charge in [-0.2, -0.15) is 0 Å².